The van der Waals surface area contributed by atoms with Crippen LogP contribution in [-0.4, -0.2) is 5.78 Å². The van der Waals surface area contributed by atoms with Gasteiger partial charge in [0.15, 0.2) is 0 Å². The van der Waals surface area contributed by atoms with Gasteiger partial charge in [-0.05, 0) is 12.5 Å². The molecule has 1 heteroatoms. The fourth-order valence-corrected chi connectivity index (χ4v) is 1.11. The number of hydrogen-bond donors (Lipinski definition) is 0. The molecule has 0 heterocycles. The van der Waals surface area contributed by atoms with Crippen LogP contribution in [0.25, 0.3) is 0 Å². The molecule has 0 N–H and O–H groups in total. The maximum Gasteiger partial charge on any atom is 0.149 e. The second kappa shape index (κ2) is 4.47. The first-order valence-corrected chi connectivity index (χ1v) is 4.23. The van der Waals surface area contributed by atoms with E-state index in [0.717, 1.165) is 5.56 Å². The molecule has 0 aliphatic heterocycles. The third-order valence-electron chi connectivity index (χ3n) is 1.82. The topological polar surface area (TPSA) is 17.1 Å². The molecule has 0 fully saturated rings. The second-order valence-electron chi connectivity index (χ2n) is 3.08. The van der Waals surface area contributed by atoms with Gasteiger partial charge in [-0.2, -0.15) is 0 Å². The number of aryl methyl sites for hydroxylation is 1. The number of terminal acetylenes is 1. The first-order valence-electron chi connectivity index (χ1n) is 4.23. The van der Waals surface area contributed by atoms with Crippen LogP contribution in [0.3, 0.4) is 0 Å². The van der Waals surface area contributed by atoms with E-state index in [1.807, 2.05) is 31.2 Å². The van der Waals surface area contributed by atoms with Crippen LogP contribution in [0.1, 0.15) is 17.5 Å². The molecule has 0 aliphatic rings. The lowest BCUT2D eigenvalue weighted by molar-refractivity contribution is -0.117. The van der Waals surface area contributed by atoms with Gasteiger partial charge in [-0.15, -0.1) is 6.42 Å². The lowest BCUT2D eigenvalue weighted by Crippen LogP contribution is -2.00. The van der Waals surface area contributed by atoms with Gasteiger partial charge in [-0.1, -0.05) is 35.7 Å². The van der Waals surface area contributed by atoms with Crippen LogP contribution < -0.4 is 0 Å². The maximum atomic E-state index is 11.2. The van der Waals surface area contributed by atoms with Gasteiger partial charge in [0.2, 0.25) is 0 Å². The van der Waals surface area contributed by atoms with Gasteiger partial charge in [0.1, 0.15) is 5.78 Å². The van der Waals surface area contributed by atoms with Crippen LogP contribution in [0.2, 0.25) is 0 Å². The zero-order valence-corrected chi connectivity index (χ0v) is 7.71. The van der Waals surface area contributed by atoms with Crippen molar-refractivity contribution in [1.29, 1.82) is 0 Å². The molecule has 1 aromatic rings. The predicted molar refractivity (Wildman–Crippen MR) is 53.3 cm³/mol. The summed E-state index contributed by atoms with van der Waals surface area (Å²) in [6.45, 7) is 2.02. The number of benzene rings is 1. The van der Waals surface area contributed by atoms with E-state index in [1.165, 1.54) is 5.56 Å². The normalized spacial score (nSPS) is 9.23. The number of hydrogen-bond acceptors (Lipinski definition) is 1. The zero-order chi connectivity index (χ0) is 9.68. The summed E-state index contributed by atoms with van der Waals surface area (Å²) in [4.78, 5) is 11.2. The first-order chi connectivity index (χ1) is 6.22. The molecular formula is C12H12O. The van der Waals surface area contributed by atoms with Crippen LogP contribution in [0.4, 0.5) is 0 Å². The van der Waals surface area contributed by atoms with Gasteiger partial charge in [0, 0.05) is 6.42 Å². The summed E-state index contributed by atoms with van der Waals surface area (Å²) < 4.78 is 0. The zero-order valence-electron chi connectivity index (χ0n) is 7.71. The molecule has 0 aromatic heterocycles. The Morgan fingerprint density at radius 1 is 1.38 bits per heavy atom. The molecule has 1 aromatic carbocycles. The average Bonchev–Trinajstić information content (AvgIpc) is 2.09. The molecule has 0 saturated carbocycles. The van der Waals surface area contributed by atoms with Crippen molar-refractivity contribution >= 4 is 5.78 Å². The molecule has 66 valence electrons. The SMILES string of the molecule is C#CCC(=O)Cc1ccc(C)cc1. The summed E-state index contributed by atoms with van der Waals surface area (Å²) in [5, 5.41) is 0. The Kier molecular flexibility index (Phi) is 3.28. The smallest absolute Gasteiger partial charge is 0.149 e. The van der Waals surface area contributed by atoms with Gasteiger partial charge in [0.05, 0.1) is 6.42 Å². The van der Waals surface area contributed by atoms with E-state index in [-0.39, 0.29) is 12.2 Å². The molecule has 13 heavy (non-hydrogen) atoms. The van der Waals surface area contributed by atoms with E-state index in [0.29, 0.717) is 6.42 Å². The van der Waals surface area contributed by atoms with Gasteiger partial charge in [-0.3, -0.25) is 4.79 Å². The molecule has 0 spiro atoms. The van der Waals surface area contributed by atoms with E-state index in [4.69, 9.17) is 6.42 Å². The highest BCUT2D eigenvalue weighted by Gasteiger charge is 2.00. The first kappa shape index (κ1) is 9.54. The van der Waals surface area contributed by atoms with Crippen molar-refractivity contribution in [3.8, 4) is 12.3 Å². The lowest BCUT2D eigenvalue weighted by Gasteiger charge is -1.98. The summed E-state index contributed by atoms with van der Waals surface area (Å²) >= 11 is 0. The van der Waals surface area contributed by atoms with Crippen molar-refractivity contribution in [2.24, 2.45) is 0 Å². The summed E-state index contributed by atoms with van der Waals surface area (Å²) in [5.41, 5.74) is 2.24. The van der Waals surface area contributed by atoms with Crippen molar-refractivity contribution < 1.29 is 4.79 Å². The Labute approximate surface area is 78.8 Å². The molecule has 1 rings (SSSR count). The van der Waals surface area contributed by atoms with Crippen molar-refractivity contribution in [3.05, 3.63) is 35.4 Å². The van der Waals surface area contributed by atoms with E-state index in [2.05, 4.69) is 5.92 Å². The molecule has 0 unspecified atom stereocenters. The van der Waals surface area contributed by atoms with Gasteiger partial charge in [0.25, 0.3) is 0 Å². The van der Waals surface area contributed by atoms with E-state index >= 15 is 0 Å². The molecule has 0 atom stereocenters. The fraction of sp³-hybridized carbons (Fsp3) is 0.250. The highest BCUT2D eigenvalue weighted by molar-refractivity contribution is 5.82. The van der Waals surface area contributed by atoms with Crippen LogP contribution in [0, 0.1) is 19.3 Å². The van der Waals surface area contributed by atoms with Crippen molar-refractivity contribution in [2.75, 3.05) is 0 Å². The van der Waals surface area contributed by atoms with E-state index in [1.54, 1.807) is 0 Å². The molecule has 0 aliphatic carbocycles. The van der Waals surface area contributed by atoms with E-state index in [9.17, 15) is 4.79 Å². The average molecular weight is 172 g/mol. The van der Waals surface area contributed by atoms with Crippen LogP contribution >= 0.6 is 0 Å². The minimum absolute atomic E-state index is 0.103. The monoisotopic (exact) mass is 172 g/mol. The fourth-order valence-electron chi connectivity index (χ4n) is 1.11. The summed E-state index contributed by atoms with van der Waals surface area (Å²) in [5.74, 6) is 2.45. The van der Waals surface area contributed by atoms with Crippen LogP contribution in [0.15, 0.2) is 24.3 Å². The highest BCUT2D eigenvalue weighted by Crippen LogP contribution is 2.04. The number of carbonyl (C=O) groups is 1. The Bertz CT molecular complexity index is 327. The largest absolute Gasteiger partial charge is 0.298 e. The molecular weight excluding hydrogens is 160 g/mol. The summed E-state index contributed by atoms with van der Waals surface area (Å²) in [7, 11) is 0. The molecule has 1 nitrogen and oxygen atoms in total. The highest BCUT2D eigenvalue weighted by atomic mass is 16.1. The number of rotatable bonds is 3. The standard InChI is InChI=1S/C12H12O/c1-3-4-12(13)9-11-7-5-10(2)6-8-11/h1,5-8H,4,9H2,2H3. The van der Waals surface area contributed by atoms with Gasteiger partial charge < -0.3 is 0 Å². The van der Waals surface area contributed by atoms with Crippen molar-refractivity contribution in [2.45, 2.75) is 19.8 Å². The van der Waals surface area contributed by atoms with Crippen molar-refractivity contribution in [1.82, 2.24) is 0 Å². The number of Topliss-reactive ketones (excluding diaryl/α,β-unsaturated/α-hetero) is 1. The summed E-state index contributed by atoms with van der Waals surface area (Å²) in [6.07, 6.45) is 5.72. The minimum Gasteiger partial charge on any atom is -0.298 e. The van der Waals surface area contributed by atoms with Crippen LogP contribution in [-0.2, 0) is 11.2 Å². The Morgan fingerprint density at radius 2 is 2.00 bits per heavy atom. The Balaban J connectivity index is 2.60. The summed E-state index contributed by atoms with van der Waals surface area (Å²) in [6, 6.07) is 7.92. The Hall–Kier alpha value is -1.55. The van der Waals surface area contributed by atoms with Crippen molar-refractivity contribution in [3.63, 3.8) is 0 Å². The second-order valence-corrected chi connectivity index (χ2v) is 3.08. The maximum absolute atomic E-state index is 11.2. The predicted octanol–water partition coefficient (Wildman–Crippen LogP) is 2.13. The number of carbonyl (C=O) groups excluding carboxylic acids is 1. The number of ketones is 1. The van der Waals surface area contributed by atoms with Gasteiger partial charge in [-0.25, -0.2) is 0 Å². The molecule has 0 radical (unpaired) electrons. The van der Waals surface area contributed by atoms with E-state index < -0.39 is 0 Å². The lowest BCUT2D eigenvalue weighted by atomic mass is 10.1. The third kappa shape index (κ3) is 3.13. The van der Waals surface area contributed by atoms with Crippen LogP contribution in [0.5, 0.6) is 0 Å². The molecule has 0 bridgehead atoms. The molecule has 0 amide bonds. The van der Waals surface area contributed by atoms with Gasteiger partial charge >= 0.3 is 0 Å². The Morgan fingerprint density at radius 3 is 2.54 bits per heavy atom. The molecule has 0 saturated heterocycles. The third-order valence-corrected chi connectivity index (χ3v) is 1.82. The minimum atomic E-state index is 0.103. The quantitative estimate of drug-likeness (QED) is 0.638.